The molecule has 1 N–H and O–H groups in total. The van der Waals surface area contributed by atoms with Crippen LogP contribution in [0.15, 0.2) is 28.8 Å². The minimum Gasteiger partial charge on any atom is -0.339 e. The predicted molar refractivity (Wildman–Crippen MR) is 78.0 cm³/mol. The molecule has 1 aliphatic heterocycles. The van der Waals surface area contributed by atoms with Crippen molar-refractivity contribution >= 4 is 0 Å². The fourth-order valence-electron chi connectivity index (χ4n) is 4.33. The summed E-state index contributed by atoms with van der Waals surface area (Å²) in [6.07, 6.45) is 4.78. The molecule has 3 aliphatic rings. The van der Waals surface area contributed by atoms with Crippen LogP contribution in [0.1, 0.15) is 60.0 Å². The van der Waals surface area contributed by atoms with E-state index in [1.165, 1.54) is 30.4 Å². The number of aryl methyl sites for hydroxylation is 1. The molecule has 1 saturated carbocycles. The summed E-state index contributed by atoms with van der Waals surface area (Å²) in [7, 11) is 0. The van der Waals surface area contributed by atoms with Crippen LogP contribution in [-0.2, 0) is 6.42 Å². The molecule has 0 spiro atoms. The standard InChI is InChI=1S/C17H19N3O/c1-2-5-11-10(4-1)7-8-12-14(11)15(12)17-19-16(20-21-17)13-6-3-9-18-13/h1-2,4-5,12-15,18H,3,6-9H2. The minimum atomic E-state index is 0.301. The first-order valence-electron chi connectivity index (χ1n) is 8.06. The predicted octanol–water partition coefficient (Wildman–Crippen LogP) is 2.94. The molecule has 4 nitrogen and oxygen atoms in total. The highest BCUT2D eigenvalue weighted by atomic mass is 16.5. The minimum absolute atomic E-state index is 0.301. The molecule has 21 heavy (non-hydrogen) atoms. The van der Waals surface area contributed by atoms with E-state index in [-0.39, 0.29) is 0 Å². The van der Waals surface area contributed by atoms with Crippen LogP contribution < -0.4 is 5.32 Å². The van der Waals surface area contributed by atoms with E-state index in [9.17, 15) is 0 Å². The summed E-state index contributed by atoms with van der Waals surface area (Å²) < 4.78 is 5.61. The molecular formula is C17H19N3O. The highest BCUT2D eigenvalue weighted by molar-refractivity contribution is 5.42. The summed E-state index contributed by atoms with van der Waals surface area (Å²) >= 11 is 0. The van der Waals surface area contributed by atoms with Gasteiger partial charge in [-0.1, -0.05) is 29.4 Å². The molecule has 1 aromatic heterocycles. The lowest BCUT2D eigenvalue weighted by molar-refractivity contribution is 0.364. The Kier molecular flexibility index (Phi) is 2.50. The largest absolute Gasteiger partial charge is 0.339 e. The molecule has 5 rings (SSSR count). The van der Waals surface area contributed by atoms with Crippen molar-refractivity contribution in [1.29, 1.82) is 0 Å². The van der Waals surface area contributed by atoms with Gasteiger partial charge in [0.2, 0.25) is 5.89 Å². The number of rotatable bonds is 2. The van der Waals surface area contributed by atoms with Crippen LogP contribution >= 0.6 is 0 Å². The quantitative estimate of drug-likeness (QED) is 0.919. The first kappa shape index (κ1) is 11.9. The number of aromatic nitrogens is 2. The smallest absolute Gasteiger partial charge is 0.230 e. The lowest BCUT2D eigenvalue weighted by atomic mass is 9.92. The molecule has 4 heteroatoms. The van der Waals surface area contributed by atoms with Crippen molar-refractivity contribution in [1.82, 2.24) is 15.5 Å². The summed E-state index contributed by atoms with van der Waals surface area (Å²) in [6.45, 7) is 1.07. The second-order valence-electron chi connectivity index (χ2n) is 6.59. The zero-order valence-corrected chi connectivity index (χ0v) is 12.0. The van der Waals surface area contributed by atoms with E-state index in [0.29, 0.717) is 23.8 Å². The highest BCUT2D eigenvalue weighted by Crippen LogP contribution is 2.64. The number of hydrogen-bond acceptors (Lipinski definition) is 4. The van der Waals surface area contributed by atoms with Gasteiger partial charge in [0.05, 0.1) is 6.04 Å². The van der Waals surface area contributed by atoms with Gasteiger partial charge >= 0.3 is 0 Å². The molecular weight excluding hydrogens is 262 g/mol. The van der Waals surface area contributed by atoms with Crippen LogP contribution in [0.4, 0.5) is 0 Å². The summed E-state index contributed by atoms with van der Waals surface area (Å²) in [4.78, 5) is 4.71. The molecule has 4 unspecified atom stereocenters. The van der Waals surface area contributed by atoms with Crippen LogP contribution in [0.5, 0.6) is 0 Å². The lowest BCUT2D eigenvalue weighted by Crippen LogP contribution is -2.14. The maximum atomic E-state index is 5.61. The van der Waals surface area contributed by atoms with Gasteiger partial charge in [0.1, 0.15) is 0 Å². The van der Waals surface area contributed by atoms with Crippen LogP contribution in [0.2, 0.25) is 0 Å². The van der Waals surface area contributed by atoms with Crippen LogP contribution in [-0.4, -0.2) is 16.7 Å². The lowest BCUT2D eigenvalue weighted by Gasteiger charge is -2.13. The molecule has 108 valence electrons. The molecule has 1 saturated heterocycles. The molecule has 1 aromatic carbocycles. The SMILES string of the molecule is c1ccc2c(c1)CCC1C(c3nc(C4CCCN4)no3)C21. The molecule has 0 bridgehead atoms. The van der Waals surface area contributed by atoms with E-state index in [1.807, 2.05) is 0 Å². The highest BCUT2D eigenvalue weighted by Gasteiger charge is 2.56. The van der Waals surface area contributed by atoms with E-state index < -0.39 is 0 Å². The molecule has 0 radical (unpaired) electrons. The molecule has 2 aliphatic carbocycles. The first-order valence-corrected chi connectivity index (χ1v) is 8.06. The van der Waals surface area contributed by atoms with Crippen molar-refractivity contribution in [3.05, 3.63) is 47.1 Å². The summed E-state index contributed by atoms with van der Waals surface area (Å²) in [5.74, 6) is 3.51. The average Bonchev–Trinajstić information content (AvgIpc) is 2.92. The fourth-order valence-corrected chi connectivity index (χ4v) is 4.33. The number of nitrogens with zero attached hydrogens (tertiary/aromatic N) is 2. The van der Waals surface area contributed by atoms with E-state index in [1.54, 1.807) is 0 Å². The molecule has 2 aromatic rings. The maximum Gasteiger partial charge on any atom is 0.230 e. The molecule has 0 amide bonds. The van der Waals surface area contributed by atoms with E-state index in [4.69, 9.17) is 9.51 Å². The number of nitrogens with one attached hydrogen (secondary N) is 1. The van der Waals surface area contributed by atoms with E-state index in [0.717, 1.165) is 24.7 Å². The van der Waals surface area contributed by atoms with Crippen molar-refractivity contribution < 1.29 is 4.52 Å². The second kappa shape index (κ2) is 4.41. The van der Waals surface area contributed by atoms with Gasteiger partial charge in [-0.3, -0.25) is 0 Å². The van der Waals surface area contributed by atoms with Crippen molar-refractivity contribution in [2.24, 2.45) is 5.92 Å². The summed E-state index contributed by atoms with van der Waals surface area (Å²) in [5.41, 5.74) is 3.02. The second-order valence-corrected chi connectivity index (χ2v) is 6.59. The van der Waals surface area contributed by atoms with Gasteiger partial charge in [-0.25, -0.2) is 0 Å². The topological polar surface area (TPSA) is 51.0 Å². The third-order valence-corrected chi connectivity index (χ3v) is 5.44. The van der Waals surface area contributed by atoms with E-state index >= 15 is 0 Å². The Morgan fingerprint density at radius 3 is 3.00 bits per heavy atom. The Hall–Kier alpha value is -1.68. The van der Waals surface area contributed by atoms with Crippen LogP contribution in [0, 0.1) is 5.92 Å². The van der Waals surface area contributed by atoms with Gasteiger partial charge in [-0.15, -0.1) is 0 Å². The summed E-state index contributed by atoms with van der Waals surface area (Å²) in [5, 5.41) is 7.66. The van der Waals surface area contributed by atoms with Gasteiger partial charge in [-0.2, -0.15) is 4.98 Å². The van der Waals surface area contributed by atoms with Gasteiger partial charge < -0.3 is 9.84 Å². The van der Waals surface area contributed by atoms with Gasteiger partial charge in [-0.05, 0) is 55.2 Å². The fraction of sp³-hybridized carbons (Fsp3) is 0.529. The number of fused-ring (bicyclic) bond motifs is 3. The Morgan fingerprint density at radius 1 is 1.14 bits per heavy atom. The van der Waals surface area contributed by atoms with Crippen LogP contribution in [0.25, 0.3) is 0 Å². The van der Waals surface area contributed by atoms with E-state index in [2.05, 4.69) is 34.7 Å². The summed E-state index contributed by atoms with van der Waals surface area (Å²) in [6, 6.07) is 9.14. The van der Waals surface area contributed by atoms with Crippen LogP contribution in [0.3, 0.4) is 0 Å². The number of benzene rings is 1. The third-order valence-electron chi connectivity index (χ3n) is 5.44. The Labute approximate surface area is 123 Å². The first-order chi connectivity index (χ1) is 10.4. The molecule has 4 atom stereocenters. The Bertz CT molecular complexity index is 674. The van der Waals surface area contributed by atoms with Gasteiger partial charge in [0.15, 0.2) is 5.82 Å². The van der Waals surface area contributed by atoms with Crippen molar-refractivity contribution in [3.63, 3.8) is 0 Å². The van der Waals surface area contributed by atoms with Crippen molar-refractivity contribution in [2.45, 2.75) is 43.6 Å². The average molecular weight is 281 g/mol. The Morgan fingerprint density at radius 2 is 2.10 bits per heavy atom. The third kappa shape index (κ3) is 1.78. The molecule has 2 heterocycles. The van der Waals surface area contributed by atoms with Crippen molar-refractivity contribution in [3.8, 4) is 0 Å². The Balaban J connectivity index is 1.43. The van der Waals surface area contributed by atoms with Crippen molar-refractivity contribution in [2.75, 3.05) is 6.54 Å². The number of hydrogen-bond donors (Lipinski definition) is 1. The zero-order chi connectivity index (χ0) is 13.8. The van der Waals surface area contributed by atoms with Gasteiger partial charge in [0, 0.05) is 5.92 Å². The van der Waals surface area contributed by atoms with Gasteiger partial charge in [0.25, 0.3) is 0 Å². The molecule has 2 fully saturated rings. The zero-order valence-electron chi connectivity index (χ0n) is 12.0. The monoisotopic (exact) mass is 281 g/mol. The normalized spacial score (nSPS) is 33.5. The maximum absolute atomic E-state index is 5.61.